The van der Waals surface area contributed by atoms with Gasteiger partial charge in [0, 0.05) is 6.07 Å². The van der Waals surface area contributed by atoms with E-state index in [1.807, 2.05) is 38.3 Å². The maximum Gasteiger partial charge on any atom is 0.435 e. The van der Waals surface area contributed by atoms with Crippen molar-refractivity contribution in [3.8, 4) is 10.6 Å². The number of nitrogen functional groups attached to an aromatic ring is 1. The Kier molecular flexibility index (Phi) is 3.13. The molecule has 0 aromatic carbocycles. The van der Waals surface area contributed by atoms with Crippen LogP contribution in [-0.4, -0.2) is 21.5 Å². The van der Waals surface area contributed by atoms with E-state index in [0.29, 0.717) is 11.5 Å². The van der Waals surface area contributed by atoms with E-state index in [-0.39, 0.29) is 0 Å². The number of anilines is 1. The molecule has 2 rings (SSSR count). The maximum absolute atomic E-state index is 12.0. The molecule has 0 aliphatic rings. The summed E-state index contributed by atoms with van der Waals surface area (Å²) in [6.07, 6.45) is -0.525. The van der Waals surface area contributed by atoms with Crippen molar-refractivity contribution in [3.63, 3.8) is 0 Å². The fourth-order valence-corrected chi connectivity index (χ4v) is 2.17. The third kappa shape index (κ3) is 2.70. The molecule has 2 aromatic heterocycles. The van der Waals surface area contributed by atoms with Gasteiger partial charge in [-0.2, -0.15) is 4.68 Å². The number of nitrogens with zero attached hydrogens (tertiary/aromatic N) is 2. The van der Waals surface area contributed by atoms with Crippen molar-refractivity contribution in [2.24, 2.45) is 0 Å². The van der Waals surface area contributed by atoms with E-state index in [1.165, 1.54) is 16.0 Å². The summed E-state index contributed by atoms with van der Waals surface area (Å²) in [5, 5.41) is 5.91. The minimum atomic E-state index is -0.565. The molecule has 0 unspecified atom stereocenters. The molecule has 0 bridgehead atoms. The van der Waals surface area contributed by atoms with Crippen LogP contribution in [0.15, 0.2) is 23.6 Å². The lowest BCUT2D eigenvalue weighted by atomic mass is 10.2. The van der Waals surface area contributed by atoms with Gasteiger partial charge >= 0.3 is 6.09 Å². The smallest absolute Gasteiger partial charge is 0.435 e. The van der Waals surface area contributed by atoms with Crippen LogP contribution in [0.3, 0.4) is 0 Å². The van der Waals surface area contributed by atoms with Gasteiger partial charge in [0.25, 0.3) is 0 Å². The number of nitrogens with two attached hydrogens (primary N) is 1. The van der Waals surface area contributed by atoms with Gasteiger partial charge in [-0.1, -0.05) is 6.07 Å². The van der Waals surface area contributed by atoms with Gasteiger partial charge in [-0.3, -0.25) is 0 Å². The van der Waals surface area contributed by atoms with Crippen molar-refractivity contribution >= 4 is 23.2 Å². The van der Waals surface area contributed by atoms with Gasteiger partial charge in [-0.15, -0.1) is 16.4 Å². The third-order valence-electron chi connectivity index (χ3n) is 2.07. The lowest BCUT2D eigenvalue weighted by Gasteiger charge is -2.19. The Balaban J connectivity index is 2.37. The molecule has 0 fully saturated rings. The van der Waals surface area contributed by atoms with Gasteiger partial charge in [0.05, 0.1) is 10.6 Å². The van der Waals surface area contributed by atoms with Crippen molar-refractivity contribution in [2.45, 2.75) is 26.4 Å². The van der Waals surface area contributed by atoms with E-state index in [2.05, 4.69) is 5.10 Å². The molecule has 0 saturated carbocycles. The second kappa shape index (κ2) is 4.45. The van der Waals surface area contributed by atoms with E-state index in [0.717, 1.165) is 4.88 Å². The standard InChI is InChI=1S/C12H15N3O2S/c1-12(2,3)17-11(16)15-8(7-10(13)14-15)9-5-4-6-18-9/h4-7H,1-3H3,(H2,13,14). The topological polar surface area (TPSA) is 70.1 Å². The highest BCUT2D eigenvalue weighted by molar-refractivity contribution is 7.13. The first-order valence-electron chi connectivity index (χ1n) is 5.49. The molecule has 0 saturated heterocycles. The van der Waals surface area contributed by atoms with Gasteiger partial charge in [-0.05, 0) is 32.2 Å². The first-order chi connectivity index (χ1) is 8.37. The molecular formula is C12H15N3O2S. The maximum atomic E-state index is 12.0. The van der Waals surface area contributed by atoms with Crippen LogP contribution in [-0.2, 0) is 4.74 Å². The van der Waals surface area contributed by atoms with Crippen molar-refractivity contribution in [3.05, 3.63) is 23.6 Å². The highest BCUT2D eigenvalue weighted by atomic mass is 32.1. The van der Waals surface area contributed by atoms with Crippen LogP contribution in [0.2, 0.25) is 0 Å². The summed E-state index contributed by atoms with van der Waals surface area (Å²) in [7, 11) is 0. The Hall–Kier alpha value is -1.82. The minimum absolute atomic E-state index is 0.296. The van der Waals surface area contributed by atoms with Crippen molar-refractivity contribution in [1.82, 2.24) is 9.78 Å². The van der Waals surface area contributed by atoms with E-state index in [1.54, 1.807) is 6.07 Å². The predicted molar refractivity (Wildman–Crippen MR) is 71.6 cm³/mol. The van der Waals surface area contributed by atoms with Crippen LogP contribution in [0.4, 0.5) is 10.6 Å². The van der Waals surface area contributed by atoms with Crippen LogP contribution in [0.1, 0.15) is 20.8 Å². The second-order valence-electron chi connectivity index (χ2n) is 4.82. The molecule has 0 aliphatic heterocycles. The lowest BCUT2D eigenvalue weighted by molar-refractivity contribution is 0.0518. The average molecular weight is 265 g/mol. The van der Waals surface area contributed by atoms with Crippen LogP contribution in [0.25, 0.3) is 10.6 Å². The summed E-state index contributed by atoms with van der Waals surface area (Å²) < 4.78 is 6.49. The number of rotatable bonds is 1. The molecule has 6 heteroatoms. The SMILES string of the molecule is CC(C)(C)OC(=O)n1nc(N)cc1-c1cccs1. The highest BCUT2D eigenvalue weighted by Gasteiger charge is 2.22. The van der Waals surface area contributed by atoms with Gasteiger partial charge in [0.1, 0.15) is 11.4 Å². The Morgan fingerprint density at radius 1 is 1.50 bits per heavy atom. The molecule has 2 heterocycles. The van der Waals surface area contributed by atoms with E-state index < -0.39 is 11.7 Å². The first kappa shape index (κ1) is 12.6. The van der Waals surface area contributed by atoms with Crippen molar-refractivity contribution in [2.75, 3.05) is 5.73 Å². The molecule has 0 radical (unpaired) electrons. The molecule has 0 atom stereocenters. The number of ether oxygens (including phenoxy) is 1. The Labute approximate surface area is 109 Å². The van der Waals surface area contributed by atoms with Crippen LogP contribution < -0.4 is 5.73 Å². The summed E-state index contributed by atoms with van der Waals surface area (Å²) in [6.45, 7) is 5.42. The van der Waals surface area contributed by atoms with Crippen LogP contribution in [0.5, 0.6) is 0 Å². The normalized spacial score (nSPS) is 11.5. The number of thiophene rings is 1. The summed E-state index contributed by atoms with van der Waals surface area (Å²) in [5.41, 5.74) is 5.74. The fourth-order valence-electron chi connectivity index (χ4n) is 1.44. The molecule has 2 N–H and O–H groups in total. The molecule has 0 aliphatic carbocycles. The minimum Gasteiger partial charge on any atom is -0.442 e. The highest BCUT2D eigenvalue weighted by Crippen LogP contribution is 2.26. The molecule has 5 nitrogen and oxygen atoms in total. The Morgan fingerprint density at radius 2 is 2.22 bits per heavy atom. The summed E-state index contributed by atoms with van der Waals surface area (Å²) in [4.78, 5) is 12.9. The first-order valence-corrected chi connectivity index (χ1v) is 6.37. The van der Waals surface area contributed by atoms with Gasteiger partial charge < -0.3 is 10.5 Å². The Morgan fingerprint density at radius 3 is 2.78 bits per heavy atom. The molecule has 96 valence electrons. The summed E-state index contributed by atoms with van der Waals surface area (Å²) >= 11 is 1.51. The van der Waals surface area contributed by atoms with E-state index in [4.69, 9.17) is 10.5 Å². The van der Waals surface area contributed by atoms with Gasteiger partial charge in [0.2, 0.25) is 0 Å². The third-order valence-corrected chi connectivity index (χ3v) is 2.96. The van der Waals surface area contributed by atoms with Crippen molar-refractivity contribution < 1.29 is 9.53 Å². The van der Waals surface area contributed by atoms with Gasteiger partial charge in [0.15, 0.2) is 0 Å². The zero-order chi connectivity index (χ0) is 13.3. The predicted octanol–water partition coefficient (Wildman–Crippen LogP) is 2.98. The summed E-state index contributed by atoms with van der Waals surface area (Å²) in [5.74, 6) is 0.296. The van der Waals surface area contributed by atoms with Crippen LogP contribution in [0, 0.1) is 0 Å². The molecule has 0 amide bonds. The number of carbonyl (C=O) groups is 1. The molecule has 18 heavy (non-hydrogen) atoms. The molecule has 0 spiro atoms. The van der Waals surface area contributed by atoms with E-state index >= 15 is 0 Å². The lowest BCUT2D eigenvalue weighted by Crippen LogP contribution is -2.28. The van der Waals surface area contributed by atoms with Crippen LogP contribution >= 0.6 is 11.3 Å². The number of carbonyl (C=O) groups excluding carboxylic acids is 1. The molecule has 2 aromatic rings. The fraction of sp³-hybridized carbons (Fsp3) is 0.333. The summed E-state index contributed by atoms with van der Waals surface area (Å²) in [6, 6.07) is 5.47. The van der Waals surface area contributed by atoms with Crippen molar-refractivity contribution in [1.29, 1.82) is 0 Å². The number of hydrogen-bond donors (Lipinski definition) is 1. The second-order valence-corrected chi connectivity index (χ2v) is 5.77. The Bertz CT molecular complexity index is 552. The van der Waals surface area contributed by atoms with Gasteiger partial charge in [-0.25, -0.2) is 4.79 Å². The van der Waals surface area contributed by atoms with E-state index in [9.17, 15) is 4.79 Å². The zero-order valence-corrected chi connectivity index (χ0v) is 11.3. The monoisotopic (exact) mass is 265 g/mol. The quantitative estimate of drug-likeness (QED) is 0.860. The molecular weight excluding hydrogens is 250 g/mol. The number of aromatic nitrogens is 2. The number of hydrogen-bond acceptors (Lipinski definition) is 5. The largest absolute Gasteiger partial charge is 0.442 e. The average Bonchev–Trinajstić information content (AvgIpc) is 2.82. The zero-order valence-electron chi connectivity index (χ0n) is 10.5.